The second-order valence-electron chi connectivity index (χ2n) is 16.2. The van der Waals surface area contributed by atoms with E-state index in [1.165, 1.54) is 6.07 Å². The number of para-hydroxylation sites is 2. The van der Waals surface area contributed by atoms with E-state index >= 15 is 0 Å². The molecule has 2 saturated carbocycles. The third kappa shape index (κ3) is 13.1. The summed E-state index contributed by atoms with van der Waals surface area (Å²) >= 11 is 11.5. The van der Waals surface area contributed by atoms with Crippen molar-refractivity contribution in [1.29, 1.82) is 10.5 Å². The van der Waals surface area contributed by atoms with Gasteiger partial charge in [0.15, 0.2) is 0 Å². The van der Waals surface area contributed by atoms with E-state index in [0.717, 1.165) is 6.08 Å². The average molecular weight is 958 g/mol. The van der Waals surface area contributed by atoms with Gasteiger partial charge in [-0.1, -0.05) is 118 Å². The van der Waals surface area contributed by atoms with Crippen LogP contribution in [0, 0.1) is 57.2 Å². The Morgan fingerprint density at radius 1 is 0.606 bits per heavy atom. The second kappa shape index (κ2) is 20.8. The molecule has 0 amide bonds. The lowest BCUT2D eigenvalue weighted by Gasteiger charge is -2.22. The van der Waals surface area contributed by atoms with Crippen molar-refractivity contribution in [1.82, 2.24) is 0 Å². The zero-order valence-corrected chi connectivity index (χ0v) is 36.9. The summed E-state index contributed by atoms with van der Waals surface area (Å²) in [5, 5.41) is 19.1. The lowest BCUT2D eigenvalue weighted by Crippen LogP contribution is -2.45. The number of nitriles is 2. The van der Waals surface area contributed by atoms with Gasteiger partial charge in [-0.2, -0.15) is 36.9 Å². The number of esters is 3. The number of hydrogen-bond acceptors (Lipinski definition) is 10. The number of allylic oxidation sites excluding steroid dienone is 2. The molecule has 0 saturated heterocycles. The number of ether oxygens (including phenoxy) is 5. The molecule has 6 rings (SSSR count). The van der Waals surface area contributed by atoms with Crippen LogP contribution in [-0.4, -0.2) is 36.4 Å². The van der Waals surface area contributed by atoms with Crippen molar-refractivity contribution in [2.45, 2.75) is 58.4 Å². The van der Waals surface area contributed by atoms with E-state index in [-0.39, 0.29) is 21.7 Å². The Kier molecular flexibility index (Phi) is 15.9. The molecule has 4 aromatic rings. The Hall–Kier alpha value is -6.49. The summed E-state index contributed by atoms with van der Waals surface area (Å²) in [6.45, 7) is 7.05. The van der Waals surface area contributed by atoms with Crippen molar-refractivity contribution in [3.05, 3.63) is 143 Å². The highest BCUT2D eigenvalue weighted by Gasteiger charge is 2.63. The topological polar surface area (TPSA) is 145 Å². The number of halogens is 8. The fourth-order valence-corrected chi connectivity index (χ4v) is 7.44. The smallest absolute Gasteiger partial charge is 0.434 e. The molecule has 0 N–H and O–H groups in total. The molecule has 2 fully saturated rings. The van der Waals surface area contributed by atoms with E-state index in [1.807, 2.05) is 56.3 Å². The average Bonchev–Trinajstić information content (AvgIpc) is 4.03. The molecule has 0 radical (unpaired) electrons. The molecular weight excluding hydrogens is 917 g/mol. The molecule has 10 nitrogen and oxygen atoms in total. The number of hydrogen-bond donors (Lipinski definition) is 0. The highest BCUT2D eigenvalue weighted by molar-refractivity contribution is 6.55. The first-order chi connectivity index (χ1) is 31.0. The SMILES string of the molecule is CC1(C)C(/C=C\C(=O)OC(C(F)(F)F)C(F)(F)F)C1C(=O)OC(C#N)c1cccc(Oc2ccccc2)c1.CC1(C)[C@H](C(=O)OC(C#N)c2cccc(Oc3ccccc3)c2)[C@@H]1C=C(Cl)Cl. The van der Waals surface area contributed by atoms with Crippen LogP contribution in [-0.2, 0) is 28.6 Å². The van der Waals surface area contributed by atoms with Crippen LogP contribution in [0.4, 0.5) is 26.3 Å². The monoisotopic (exact) mass is 956 g/mol. The molecule has 66 heavy (non-hydrogen) atoms. The summed E-state index contributed by atoms with van der Waals surface area (Å²) in [7, 11) is 0. The van der Waals surface area contributed by atoms with Crippen LogP contribution in [0.2, 0.25) is 0 Å². The molecule has 4 unspecified atom stereocenters. The Labute approximate surface area is 385 Å². The van der Waals surface area contributed by atoms with Crippen molar-refractivity contribution in [3.63, 3.8) is 0 Å². The summed E-state index contributed by atoms with van der Waals surface area (Å²) in [5.41, 5.74) is -0.303. The van der Waals surface area contributed by atoms with Gasteiger partial charge in [-0.05, 0) is 77.3 Å². The van der Waals surface area contributed by atoms with E-state index in [0.29, 0.717) is 40.2 Å². The minimum Gasteiger partial charge on any atom is -0.457 e. The first-order valence-electron chi connectivity index (χ1n) is 19.9. The third-order valence-corrected chi connectivity index (χ3v) is 11.1. The highest BCUT2D eigenvalue weighted by atomic mass is 35.5. The van der Waals surface area contributed by atoms with Gasteiger partial charge in [0.05, 0.1) is 11.8 Å². The third-order valence-electron chi connectivity index (χ3n) is 10.9. The predicted molar refractivity (Wildman–Crippen MR) is 227 cm³/mol. The summed E-state index contributed by atoms with van der Waals surface area (Å²) in [4.78, 5) is 37.1. The van der Waals surface area contributed by atoms with Gasteiger partial charge in [0.2, 0.25) is 12.2 Å². The number of alkyl halides is 6. The number of benzene rings is 4. The molecule has 0 bridgehead atoms. The Bertz CT molecular complexity index is 2500. The van der Waals surface area contributed by atoms with Crippen molar-refractivity contribution in [2.75, 3.05) is 0 Å². The quantitative estimate of drug-likeness (QED) is 0.0518. The molecule has 346 valence electrons. The maximum Gasteiger partial charge on any atom is 0.434 e. The standard InChI is InChI=1S/C26H21F6NO5.C22H19Cl2NO3/c1-24(2)18(11-12-20(34)38-23(25(27,28)29)26(30,31)32)21(24)22(35)37-19(14-33)15-7-6-10-17(13-15)36-16-8-4-3-5-9-16;1-22(2)17(12-19(23)24)20(22)21(26)28-18(13-25)14-7-6-10-16(11-14)27-15-8-4-3-5-9-15/h3-13,18-19,21,23H,1-2H3;3-12,17-18,20H,1-2H3/b12-11-;/t;17-,18?,20-/m.0/s1. The molecule has 6 atom stereocenters. The molecule has 0 aliphatic heterocycles. The van der Waals surface area contributed by atoms with Crippen molar-refractivity contribution >= 4 is 41.1 Å². The lowest BCUT2D eigenvalue weighted by atomic mass is 10.1. The van der Waals surface area contributed by atoms with Gasteiger partial charge in [-0.25, -0.2) is 4.79 Å². The molecule has 0 heterocycles. The van der Waals surface area contributed by atoms with Crippen LogP contribution < -0.4 is 9.47 Å². The van der Waals surface area contributed by atoms with Gasteiger partial charge in [0, 0.05) is 17.2 Å². The number of carbonyl (C=O) groups is 3. The maximum atomic E-state index is 12.8. The Balaban J connectivity index is 0.000000259. The van der Waals surface area contributed by atoms with E-state index < -0.39 is 65.8 Å². The molecule has 18 heteroatoms. The van der Waals surface area contributed by atoms with Gasteiger partial charge in [-0.3, -0.25) is 9.59 Å². The molecule has 0 aromatic heterocycles. The van der Waals surface area contributed by atoms with E-state index in [2.05, 4.69) is 4.74 Å². The lowest BCUT2D eigenvalue weighted by molar-refractivity contribution is -0.312. The van der Waals surface area contributed by atoms with Crippen LogP contribution in [0.1, 0.15) is 51.0 Å². The Morgan fingerprint density at radius 2 is 1.00 bits per heavy atom. The fraction of sp³-hybridized carbons (Fsp3) is 0.312. The van der Waals surface area contributed by atoms with Crippen molar-refractivity contribution in [2.24, 2.45) is 34.5 Å². The molecular formula is C48H40Cl2F6N2O8. The van der Waals surface area contributed by atoms with Crippen molar-refractivity contribution < 1.29 is 64.4 Å². The first kappa shape index (κ1) is 50.5. The maximum absolute atomic E-state index is 12.8. The number of rotatable bonds is 14. The molecule has 2 aliphatic carbocycles. The summed E-state index contributed by atoms with van der Waals surface area (Å²) in [6.07, 6.45) is -15.3. The van der Waals surface area contributed by atoms with Gasteiger partial charge < -0.3 is 23.7 Å². The molecule has 0 spiro atoms. The van der Waals surface area contributed by atoms with Crippen LogP contribution in [0.25, 0.3) is 0 Å². The fourth-order valence-electron chi connectivity index (χ4n) is 7.17. The van der Waals surface area contributed by atoms with E-state index in [4.69, 9.17) is 42.1 Å². The zero-order valence-electron chi connectivity index (χ0n) is 35.3. The van der Waals surface area contributed by atoms with Gasteiger partial charge >= 0.3 is 30.3 Å². The van der Waals surface area contributed by atoms with Gasteiger partial charge in [0.1, 0.15) is 39.6 Å². The summed E-state index contributed by atoms with van der Waals surface area (Å²) in [6, 6.07) is 35.2. The minimum atomic E-state index is -5.84. The van der Waals surface area contributed by atoms with Gasteiger partial charge in [0.25, 0.3) is 6.10 Å². The molecule has 2 aliphatic rings. The normalized spacial score (nSPS) is 19.9. The summed E-state index contributed by atoms with van der Waals surface area (Å²) < 4.78 is 102. The van der Waals surface area contributed by atoms with Crippen LogP contribution in [0.3, 0.4) is 0 Å². The zero-order chi connectivity index (χ0) is 48.6. The summed E-state index contributed by atoms with van der Waals surface area (Å²) in [5.74, 6) is -3.16. The van der Waals surface area contributed by atoms with Crippen LogP contribution >= 0.6 is 23.2 Å². The predicted octanol–water partition coefficient (Wildman–Crippen LogP) is 12.6. The van der Waals surface area contributed by atoms with E-state index in [9.17, 15) is 51.2 Å². The van der Waals surface area contributed by atoms with Crippen LogP contribution in [0.5, 0.6) is 23.0 Å². The van der Waals surface area contributed by atoms with E-state index in [1.54, 1.807) is 92.7 Å². The number of carbonyl (C=O) groups excluding carboxylic acids is 3. The minimum absolute atomic E-state index is 0.114. The molecule has 4 aromatic carbocycles. The highest BCUT2D eigenvalue weighted by Crippen LogP contribution is 2.61. The van der Waals surface area contributed by atoms with Gasteiger partial charge in [-0.15, -0.1) is 0 Å². The largest absolute Gasteiger partial charge is 0.457 e. The van der Waals surface area contributed by atoms with Crippen molar-refractivity contribution in [3.8, 4) is 35.1 Å². The number of nitrogens with zero attached hydrogens (tertiary/aromatic N) is 2. The Morgan fingerprint density at radius 3 is 1.39 bits per heavy atom. The second-order valence-corrected chi connectivity index (χ2v) is 17.2. The van der Waals surface area contributed by atoms with Crippen LogP contribution in [0.15, 0.2) is 132 Å². The first-order valence-corrected chi connectivity index (χ1v) is 20.6.